The molecule has 2 heteroatoms. The molecular formula is C41H54N2. The van der Waals surface area contributed by atoms with Crippen molar-refractivity contribution in [2.45, 2.75) is 110 Å². The average molecular weight is 575 g/mol. The molecule has 0 aliphatic heterocycles. The van der Waals surface area contributed by atoms with E-state index in [0.29, 0.717) is 0 Å². The van der Waals surface area contributed by atoms with Crippen LogP contribution in [-0.4, -0.2) is 0 Å². The molecule has 0 spiro atoms. The molecule has 43 heavy (non-hydrogen) atoms. The van der Waals surface area contributed by atoms with Crippen LogP contribution in [0.15, 0.2) is 84.9 Å². The van der Waals surface area contributed by atoms with Crippen molar-refractivity contribution < 1.29 is 0 Å². The summed E-state index contributed by atoms with van der Waals surface area (Å²) in [5.74, 6) is 0. The van der Waals surface area contributed by atoms with E-state index in [-0.39, 0.29) is 0 Å². The van der Waals surface area contributed by atoms with Gasteiger partial charge in [0.25, 0.3) is 0 Å². The smallest absolute Gasteiger partial charge is 0.0346 e. The minimum Gasteiger partial charge on any atom is -0.399 e. The summed E-state index contributed by atoms with van der Waals surface area (Å²) in [4.78, 5) is 0. The van der Waals surface area contributed by atoms with Gasteiger partial charge in [-0.15, -0.1) is 0 Å². The predicted octanol–water partition coefficient (Wildman–Crippen LogP) is 10.5. The van der Waals surface area contributed by atoms with Gasteiger partial charge >= 0.3 is 0 Å². The van der Waals surface area contributed by atoms with E-state index in [2.05, 4.69) is 98.8 Å². The Balaban J connectivity index is 1.22. The Morgan fingerprint density at radius 3 is 1.14 bits per heavy atom. The summed E-state index contributed by atoms with van der Waals surface area (Å²) in [6.45, 7) is 4.51. The quantitative estimate of drug-likeness (QED) is 0.0917. The molecular weight excluding hydrogens is 520 g/mol. The van der Waals surface area contributed by atoms with E-state index in [1.54, 1.807) is 0 Å². The van der Waals surface area contributed by atoms with Crippen LogP contribution >= 0.6 is 0 Å². The highest BCUT2D eigenvalue weighted by Crippen LogP contribution is 2.22. The lowest BCUT2D eigenvalue weighted by Crippen LogP contribution is -1.98. The van der Waals surface area contributed by atoms with Gasteiger partial charge in [0, 0.05) is 11.4 Å². The third-order valence-electron chi connectivity index (χ3n) is 8.81. The highest BCUT2D eigenvalue weighted by molar-refractivity contribution is 5.50. The molecule has 0 unspecified atom stereocenters. The summed E-state index contributed by atoms with van der Waals surface area (Å²) in [5, 5.41) is 0. The molecule has 4 N–H and O–H groups in total. The Hall–Kier alpha value is -3.52. The average Bonchev–Trinajstić information content (AvgIpc) is 3.02. The van der Waals surface area contributed by atoms with Gasteiger partial charge in [0.15, 0.2) is 0 Å². The van der Waals surface area contributed by atoms with Crippen LogP contribution in [0.25, 0.3) is 0 Å². The van der Waals surface area contributed by atoms with Crippen LogP contribution < -0.4 is 11.5 Å². The molecule has 0 aliphatic carbocycles. The second-order valence-electron chi connectivity index (χ2n) is 12.5. The second kappa shape index (κ2) is 17.6. The van der Waals surface area contributed by atoms with Gasteiger partial charge in [0.1, 0.15) is 0 Å². The molecule has 0 atom stereocenters. The number of hydrogen-bond donors (Lipinski definition) is 2. The monoisotopic (exact) mass is 574 g/mol. The van der Waals surface area contributed by atoms with Gasteiger partial charge in [-0.3, -0.25) is 0 Å². The van der Waals surface area contributed by atoms with Gasteiger partial charge in [-0.05, 0) is 114 Å². The Labute approximate surface area is 261 Å². The van der Waals surface area contributed by atoms with E-state index < -0.39 is 0 Å². The van der Waals surface area contributed by atoms with E-state index in [4.69, 9.17) is 11.5 Å². The van der Waals surface area contributed by atoms with Crippen LogP contribution in [0.1, 0.15) is 116 Å². The first-order chi connectivity index (χ1) is 21.0. The number of anilines is 2. The highest BCUT2D eigenvalue weighted by Gasteiger charge is 2.06. The first-order valence-electron chi connectivity index (χ1n) is 16.9. The van der Waals surface area contributed by atoms with E-state index in [9.17, 15) is 0 Å². The minimum absolute atomic E-state index is 0.939. The predicted molar refractivity (Wildman–Crippen MR) is 188 cm³/mol. The number of nitrogen functional groups attached to an aromatic ring is 2. The molecule has 4 rings (SSSR count). The minimum atomic E-state index is 0.939. The maximum absolute atomic E-state index is 6.27. The van der Waals surface area contributed by atoms with E-state index in [1.807, 2.05) is 0 Å². The van der Waals surface area contributed by atoms with Crippen LogP contribution in [0, 0.1) is 0 Å². The molecule has 0 saturated heterocycles. The number of nitrogens with two attached hydrogens (primary N) is 2. The molecule has 0 radical (unpaired) electrons. The zero-order valence-electron chi connectivity index (χ0n) is 26.8. The van der Waals surface area contributed by atoms with Crippen molar-refractivity contribution in [2.24, 2.45) is 0 Å². The number of aryl methyl sites for hydroxylation is 4. The molecule has 0 aliphatic rings. The fourth-order valence-electron chi connectivity index (χ4n) is 6.07. The van der Waals surface area contributed by atoms with Crippen molar-refractivity contribution in [3.63, 3.8) is 0 Å². The molecule has 4 aromatic carbocycles. The normalized spacial score (nSPS) is 11.2. The molecule has 228 valence electrons. The fourth-order valence-corrected chi connectivity index (χ4v) is 6.07. The van der Waals surface area contributed by atoms with Crippen LogP contribution in [0.2, 0.25) is 0 Å². The third-order valence-corrected chi connectivity index (χ3v) is 8.81. The molecule has 2 nitrogen and oxygen atoms in total. The molecule has 0 saturated carbocycles. The summed E-state index contributed by atoms with van der Waals surface area (Å²) in [7, 11) is 0. The summed E-state index contributed by atoms with van der Waals surface area (Å²) in [5.41, 5.74) is 25.3. The first-order valence-corrected chi connectivity index (χ1v) is 16.9. The largest absolute Gasteiger partial charge is 0.399 e. The van der Waals surface area contributed by atoms with Crippen molar-refractivity contribution in [2.75, 3.05) is 11.5 Å². The number of benzene rings is 4. The number of rotatable bonds is 18. The fraction of sp³-hybridized carbons (Fsp3) is 0.415. The lowest BCUT2D eigenvalue weighted by atomic mass is 9.96. The van der Waals surface area contributed by atoms with Crippen molar-refractivity contribution >= 4 is 11.4 Å². The number of unbranched alkanes of at least 4 members (excludes halogenated alkanes) is 6. The van der Waals surface area contributed by atoms with Crippen LogP contribution in [0.3, 0.4) is 0 Å². The van der Waals surface area contributed by atoms with Crippen molar-refractivity contribution in [3.8, 4) is 0 Å². The Morgan fingerprint density at radius 2 is 0.744 bits per heavy atom. The van der Waals surface area contributed by atoms with Gasteiger partial charge in [-0.1, -0.05) is 125 Å². The van der Waals surface area contributed by atoms with E-state index in [1.165, 1.54) is 95.9 Å². The zero-order valence-corrected chi connectivity index (χ0v) is 26.8. The first kappa shape index (κ1) is 32.4. The summed E-state index contributed by atoms with van der Waals surface area (Å²) in [6.07, 6.45) is 17.7. The molecule has 4 aromatic rings. The maximum atomic E-state index is 6.27. The van der Waals surface area contributed by atoms with Gasteiger partial charge < -0.3 is 11.5 Å². The van der Waals surface area contributed by atoms with Gasteiger partial charge in [-0.25, -0.2) is 0 Å². The SMILES string of the molecule is CCCCCCc1cc(Cc2ccc(CCCc3ccc(Cc4ccc(N)c(CCCCCC)c4)cc3)cc2)ccc1N. The van der Waals surface area contributed by atoms with E-state index in [0.717, 1.165) is 56.3 Å². The zero-order chi connectivity index (χ0) is 30.3. The number of hydrogen-bond acceptors (Lipinski definition) is 2. The van der Waals surface area contributed by atoms with Crippen LogP contribution in [-0.2, 0) is 38.5 Å². The summed E-state index contributed by atoms with van der Waals surface area (Å²) >= 11 is 0. The lowest BCUT2D eigenvalue weighted by Gasteiger charge is -2.10. The standard InChI is InChI=1S/C41H54N2/c1-3-5-7-9-14-38-30-36(24-26-40(38)42)28-34-20-16-32(17-21-34)12-11-13-33-18-22-35(23-19-33)29-37-25-27-41(43)39(31-37)15-10-8-6-4-2/h16-27,30-31H,3-15,28-29,42-43H2,1-2H3. The summed E-state index contributed by atoms with van der Waals surface area (Å²) < 4.78 is 0. The second-order valence-corrected chi connectivity index (χ2v) is 12.5. The third kappa shape index (κ3) is 10.9. The van der Waals surface area contributed by atoms with Gasteiger partial charge in [0.05, 0.1) is 0 Å². The lowest BCUT2D eigenvalue weighted by molar-refractivity contribution is 0.667. The van der Waals surface area contributed by atoms with Crippen molar-refractivity contribution in [3.05, 3.63) is 129 Å². The highest BCUT2D eigenvalue weighted by atomic mass is 14.6. The van der Waals surface area contributed by atoms with Crippen molar-refractivity contribution in [1.29, 1.82) is 0 Å². The maximum Gasteiger partial charge on any atom is 0.0346 e. The van der Waals surface area contributed by atoms with E-state index >= 15 is 0 Å². The van der Waals surface area contributed by atoms with Crippen LogP contribution in [0.4, 0.5) is 11.4 Å². The summed E-state index contributed by atoms with van der Waals surface area (Å²) in [6, 6.07) is 31.7. The molecule has 0 fully saturated rings. The van der Waals surface area contributed by atoms with Crippen molar-refractivity contribution in [1.82, 2.24) is 0 Å². The Morgan fingerprint density at radius 1 is 0.372 bits per heavy atom. The van der Waals surface area contributed by atoms with Gasteiger partial charge in [-0.2, -0.15) is 0 Å². The molecule has 0 amide bonds. The van der Waals surface area contributed by atoms with Crippen LogP contribution in [0.5, 0.6) is 0 Å². The molecule has 0 bridgehead atoms. The molecule has 0 aromatic heterocycles. The van der Waals surface area contributed by atoms with Gasteiger partial charge in [0.2, 0.25) is 0 Å². The Kier molecular flexibility index (Phi) is 13.2. The Bertz CT molecular complexity index is 1260. The topological polar surface area (TPSA) is 52.0 Å². The molecule has 0 heterocycles.